The van der Waals surface area contributed by atoms with Crippen molar-refractivity contribution in [1.82, 2.24) is 5.32 Å². The Bertz CT molecular complexity index is 378. The molecule has 3 rings (SSSR count). The number of rotatable bonds is 2. The first-order chi connectivity index (χ1) is 7.52. The van der Waals surface area contributed by atoms with E-state index in [9.17, 15) is 9.59 Å². The van der Waals surface area contributed by atoms with Gasteiger partial charge in [-0.15, -0.1) is 0 Å². The molecular formula is C11H15NO4. The third-order valence-corrected chi connectivity index (χ3v) is 4.39. The van der Waals surface area contributed by atoms with E-state index in [0.29, 0.717) is 6.42 Å². The summed E-state index contributed by atoms with van der Waals surface area (Å²) in [7, 11) is 0. The lowest BCUT2D eigenvalue weighted by Gasteiger charge is -2.30. The zero-order chi connectivity index (χ0) is 11.6. The third-order valence-electron chi connectivity index (χ3n) is 4.39. The van der Waals surface area contributed by atoms with Crippen molar-refractivity contribution in [2.45, 2.75) is 37.4 Å². The quantitative estimate of drug-likeness (QED) is 0.626. The Morgan fingerprint density at radius 1 is 1.38 bits per heavy atom. The Labute approximate surface area is 93.2 Å². The van der Waals surface area contributed by atoms with Gasteiger partial charge in [-0.1, -0.05) is 0 Å². The van der Waals surface area contributed by atoms with Crippen LogP contribution in [0, 0.1) is 11.8 Å². The van der Waals surface area contributed by atoms with Gasteiger partial charge in [0.25, 0.3) is 0 Å². The number of carbonyl (C=O) groups excluding carboxylic acids is 2. The highest BCUT2D eigenvalue weighted by molar-refractivity contribution is 6.07. The van der Waals surface area contributed by atoms with Crippen molar-refractivity contribution in [2.24, 2.45) is 11.8 Å². The van der Waals surface area contributed by atoms with Crippen LogP contribution in [-0.2, 0) is 14.3 Å². The Balaban J connectivity index is 2.05. The summed E-state index contributed by atoms with van der Waals surface area (Å²) < 4.78 is 5.95. The van der Waals surface area contributed by atoms with Crippen molar-refractivity contribution in [1.29, 1.82) is 0 Å². The summed E-state index contributed by atoms with van der Waals surface area (Å²) in [4.78, 5) is 23.5. The molecular weight excluding hydrogens is 210 g/mol. The molecule has 4 atom stereocenters. The zero-order valence-electron chi connectivity index (χ0n) is 9.16. The van der Waals surface area contributed by atoms with Gasteiger partial charge in [0.15, 0.2) is 0 Å². The van der Waals surface area contributed by atoms with E-state index in [1.165, 1.54) is 0 Å². The van der Waals surface area contributed by atoms with Gasteiger partial charge in [-0.25, -0.2) is 0 Å². The number of hydrogen-bond donors (Lipinski definition) is 2. The van der Waals surface area contributed by atoms with Gasteiger partial charge in [-0.05, 0) is 19.8 Å². The van der Waals surface area contributed by atoms with Gasteiger partial charge in [0.2, 0.25) is 11.8 Å². The molecule has 0 aromatic carbocycles. The van der Waals surface area contributed by atoms with Crippen molar-refractivity contribution in [3.05, 3.63) is 0 Å². The molecule has 88 valence electrons. The van der Waals surface area contributed by atoms with E-state index in [4.69, 9.17) is 9.84 Å². The van der Waals surface area contributed by atoms with E-state index < -0.39 is 17.1 Å². The fourth-order valence-electron chi connectivity index (χ4n) is 3.74. The Kier molecular flexibility index (Phi) is 1.82. The van der Waals surface area contributed by atoms with Gasteiger partial charge < -0.3 is 9.84 Å². The largest absolute Gasteiger partial charge is 0.396 e. The molecule has 0 radical (unpaired) electrons. The van der Waals surface area contributed by atoms with Crippen LogP contribution in [0.15, 0.2) is 0 Å². The second-order valence-corrected chi connectivity index (χ2v) is 5.26. The first-order valence-electron chi connectivity index (χ1n) is 5.68. The van der Waals surface area contributed by atoms with Crippen LogP contribution in [0.3, 0.4) is 0 Å². The lowest BCUT2D eigenvalue weighted by Crippen LogP contribution is -2.42. The average molecular weight is 225 g/mol. The number of imide groups is 1. The molecule has 3 aliphatic heterocycles. The lowest BCUT2D eigenvalue weighted by atomic mass is 9.67. The Morgan fingerprint density at radius 3 is 2.75 bits per heavy atom. The molecule has 2 amide bonds. The monoisotopic (exact) mass is 225 g/mol. The highest BCUT2D eigenvalue weighted by Gasteiger charge is 2.71. The van der Waals surface area contributed by atoms with Gasteiger partial charge in [0, 0.05) is 13.0 Å². The number of aliphatic hydroxyl groups excluding tert-OH is 1. The predicted octanol–water partition coefficient (Wildman–Crippen LogP) is -0.421. The van der Waals surface area contributed by atoms with Gasteiger partial charge in [0.05, 0.1) is 23.0 Å². The van der Waals surface area contributed by atoms with Gasteiger partial charge in [-0.2, -0.15) is 0 Å². The van der Waals surface area contributed by atoms with Crippen molar-refractivity contribution < 1.29 is 19.4 Å². The van der Waals surface area contributed by atoms with Crippen molar-refractivity contribution in [3.63, 3.8) is 0 Å². The summed E-state index contributed by atoms with van der Waals surface area (Å²) in [5.74, 6) is -1.20. The molecule has 3 heterocycles. The van der Waals surface area contributed by atoms with Gasteiger partial charge >= 0.3 is 0 Å². The maximum Gasteiger partial charge on any atom is 0.233 e. The lowest BCUT2D eigenvalue weighted by molar-refractivity contribution is -0.134. The van der Waals surface area contributed by atoms with Gasteiger partial charge in [-0.3, -0.25) is 14.9 Å². The van der Waals surface area contributed by atoms with Crippen molar-refractivity contribution in [3.8, 4) is 0 Å². The first-order valence-corrected chi connectivity index (χ1v) is 5.68. The Morgan fingerprint density at radius 2 is 2.06 bits per heavy atom. The predicted molar refractivity (Wildman–Crippen MR) is 53.3 cm³/mol. The number of aliphatic hydroxyl groups is 1. The van der Waals surface area contributed by atoms with Crippen molar-refractivity contribution in [2.75, 3.05) is 6.61 Å². The van der Waals surface area contributed by atoms with Crippen LogP contribution < -0.4 is 5.32 Å². The fraction of sp³-hybridized carbons (Fsp3) is 0.818. The van der Waals surface area contributed by atoms with Gasteiger partial charge in [0.1, 0.15) is 0 Å². The summed E-state index contributed by atoms with van der Waals surface area (Å²) >= 11 is 0. The molecule has 2 bridgehead atoms. The average Bonchev–Trinajstić information content (AvgIpc) is 2.76. The smallest absolute Gasteiger partial charge is 0.233 e. The standard InChI is InChI=1S/C11H15NO4/c1-10-2-3-11(16-10,4-5-13)7-6(10)8(14)12-9(7)15/h6-7,13H,2-5H2,1H3,(H,12,14,15). The van der Waals surface area contributed by atoms with Crippen LogP contribution in [-0.4, -0.2) is 34.7 Å². The normalized spacial score (nSPS) is 49.6. The summed E-state index contributed by atoms with van der Waals surface area (Å²) in [6.45, 7) is 1.88. The Hall–Kier alpha value is -0.940. The van der Waals surface area contributed by atoms with E-state index in [0.717, 1.165) is 12.8 Å². The first kappa shape index (κ1) is 10.2. The SMILES string of the molecule is CC12CCC(CCO)(O1)C1C(=O)NC(=O)C12. The molecule has 0 spiro atoms. The minimum atomic E-state index is -0.607. The number of hydrogen-bond acceptors (Lipinski definition) is 4. The number of amides is 2. The van der Waals surface area contributed by atoms with E-state index in [-0.39, 0.29) is 24.3 Å². The highest BCUT2D eigenvalue weighted by atomic mass is 16.5. The molecule has 3 saturated heterocycles. The van der Waals surface area contributed by atoms with Crippen LogP contribution >= 0.6 is 0 Å². The van der Waals surface area contributed by atoms with Crippen LogP contribution in [0.2, 0.25) is 0 Å². The number of ether oxygens (including phenoxy) is 1. The van der Waals surface area contributed by atoms with Crippen LogP contribution in [0.25, 0.3) is 0 Å². The molecule has 0 aromatic heterocycles. The number of fused-ring (bicyclic) bond motifs is 5. The third kappa shape index (κ3) is 0.978. The molecule has 5 nitrogen and oxygen atoms in total. The summed E-state index contributed by atoms with van der Waals surface area (Å²) in [6.07, 6.45) is 1.98. The molecule has 5 heteroatoms. The summed E-state index contributed by atoms with van der Waals surface area (Å²) in [5, 5.41) is 11.5. The van der Waals surface area contributed by atoms with E-state index >= 15 is 0 Å². The number of nitrogens with one attached hydrogen (secondary N) is 1. The molecule has 0 saturated carbocycles. The van der Waals surface area contributed by atoms with E-state index in [2.05, 4.69) is 5.32 Å². The molecule has 0 aromatic rings. The minimum Gasteiger partial charge on any atom is -0.396 e. The zero-order valence-corrected chi connectivity index (χ0v) is 9.16. The second kappa shape index (κ2) is 2.84. The van der Waals surface area contributed by atoms with E-state index in [1.54, 1.807) is 0 Å². The molecule has 3 aliphatic rings. The van der Waals surface area contributed by atoms with Crippen LogP contribution in [0.5, 0.6) is 0 Å². The molecule has 0 aliphatic carbocycles. The molecule has 3 fully saturated rings. The number of carbonyl (C=O) groups is 2. The van der Waals surface area contributed by atoms with E-state index in [1.807, 2.05) is 6.92 Å². The maximum atomic E-state index is 11.8. The summed E-state index contributed by atoms with van der Waals surface area (Å²) in [5.41, 5.74) is -1.12. The highest BCUT2D eigenvalue weighted by Crippen LogP contribution is 2.60. The molecule has 4 unspecified atom stereocenters. The minimum absolute atomic E-state index is 0.0131. The van der Waals surface area contributed by atoms with Crippen LogP contribution in [0.4, 0.5) is 0 Å². The second-order valence-electron chi connectivity index (χ2n) is 5.26. The maximum absolute atomic E-state index is 11.8. The molecule has 2 N–H and O–H groups in total. The van der Waals surface area contributed by atoms with Crippen molar-refractivity contribution >= 4 is 11.8 Å². The summed E-state index contributed by atoms with van der Waals surface area (Å²) in [6, 6.07) is 0. The van der Waals surface area contributed by atoms with Crippen LogP contribution in [0.1, 0.15) is 26.2 Å². The molecule has 16 heavy (non-hydrogen) atoms. The fourth-order valence-corrected chi connectivity index (χ4v) is 3.74. The topological polar surface area (TPSA) is 75.6 Å².